The van der Waals surface area contributed by atoms with E-state index in [0.29, 0.717) is 22.5 Å². The SMILES string of the molecule is COC(=O)c1nc(NC(=O)C[C@H]2NC(=O)c3ccccc3NC2=O)sc1Cc1ccccc1. The van der Waals surface area contributed by atoms with Crippen molar-refractivity contribution in [2.24, 2.45) is 0 Å². The molecule has 0 saturated heterocycles. The lowest BCUT2D eigenvalue weighted by molar-refractivity contribution is -0.122. The molecule has 1 atom stereocenters. The Morgan fingerprint density at radius 1 is 1.09 bits per heavy atom. The van der Waals surface area contributed by atoms with Crippen molar-refractivity contribution in [3.05, 3.63) is 76.3 Å². The lowest BCUT2D eigenvalue weighted by Crippen LogP contribution is -2.43. The molecular formula is C23H20N4O5S. The monoisotopic (exact) mass is 464 g/mol. The Morgan fingerprint density at radius 2 is 1.82 bits per heavy atom. The zero-order valence-electron chi connectivity index (χ0n) is 17.6. The molecule has 1 aromatic heterocycles. The van der Waals surface area contributed by atoms with Gasteiger partial charge in [-0.3, -0.25) is 14.4 Å². The number of rotatable bonds is 6. The van der Waals surface area contributed by atoms with Crippen molar-refractivity contribution in [2.45, 2.75) is 18.9 Å². The van der Waals surface area contributed by atoms with Crippen LogP contribution in [-0.4, -0.2) is 41.8 Å². The molecule has 10 heteroatoms. The van der Waals surface area contributed by atoms with Crippen LogP contribution in [0.4, 0.5) is 10.8 Å². The predicted molar refractivity (Wildman–Crippen MR) is 122 cm³/mol. The van der Waals surface area contributed by atoms with Crippen LogP contribution >= 0.6 is 11.3 Å². The standard InChI is InChI=1S/C23H20N4O5S/c1-32-22(31)19-17(11-13-7-3-2-4-8-13)33-23(27-19)26-18(28)12-16-21(30)24-15-10-6-5-9-14(15)20(29)25-16/h2-10,16H,11-12H2,1H3,(H,24,30)(H,25,29)(H,26,27,28)/t16-/m1/s1. The number of esters is 1. The molecule has 2 aromatic carbocycles. The van der Waals surface area contributed by atoms with Gasteiger partial charge in [0, 0.05) is 11.3 Å². The van der Waals surface area contributed by atoms with Crippen LogP contribution in [0.2, 0.25) is 0 Å². The number of hydrogen-bond donors (Lipinski definition) is 3. The summed E-state index contributed by atoms with van der Waals surface area (Å²) in [4.78, 5) is 54.6. The molecule has 0 bridgehead atoms. The molecule has 9 nitrogen and oxygen atoms in total. The van der Waals surface area contributed by atoms with E-state index in [4.69, 9.17) is 4.74 Å². The minimum atomic E-state index is -1.06. The van der Waals surface area contributed by atoms with Crippen LogP contribution in [0.1, 0.15) is 37.7 Å². The number of carbonyl (C=O) groups excluding carboxylic acids is 4. The van der Waals surface area contributed by atoms with Crippen molar-refractivity contribution in [2.75, 3.05) is 17.7 Å². The highest BCUT2D eigenvalue weighted by Gasteiger charge is 2.30. The van der Waals surface area contributed by atoms with Crippen LogP contribution in [0.25, 0.3) is 0 Å². The second kappa shape index (κ2) is 9.61. The van der Waals surface area contributed by atoms with Gasteiger partial charge in [-0.25, -0.2) is 9.78 Å². The molecule has 3 amide bonds. The summed E-state index contributed by atoms with van der Waals surface area (Å²) in [6.45, 7) is 0. The summed E-state index contributed by atoms with van der Waals surface area (Å²) in [6.07, 6.45) is 0.144. The van der Waals surface area contributed by atoms with Crippen LogP contribution < -0.4 is 16.0 Å². The van der Waals surface area contributed by atoms with E-state index in [9.17, 15) is 19.2 Å². The first-order valence-corrected chi connectivity index (χ1v) is 10.9. The van der Waals surface area contributed by atoms with Gasteiger partial charge in [-0.15, -0.1) is 11.3 Å². The van der Waals surface area contributed by atoms with Crippen molar-refractivity contribution in [1.82, 2.24) is 10.3 Å². The van der Waals surface area contributed by atoms with Crippen molar-refractivity contribution in [1.29, 1.82) is 0 Å². The summed E-state index contributed by atoms with van der Waals surface area (Å²) in [5.41, 5.74) is 1.80. The number of aromatic nitrogens is 1. The van der Waals surface area contributed by atoms with Gasteiger partial charge in [0.25, 0.3) is 5.91 Å². The molecule has 1 aliphatic rings. The summed E-state index contributed by atoms with van der Waals surface area (Å²) in [5, 5.41) is 8.06. The number of fused-ring (bicyclic) bond motifs is 1. The Labute approximate surface area is 193 Å². The largest absolute Gasteiger partial charge is 0.464 e. The van der Waals surface area contributed by atoms with Crippen LogP contribution in [0.3, 0.4) is 0 Å². The Balaban J connectivity index is 1.47. The lowest BCUT2D eigenvalue weighted by atomic mass is 10.1. The molecule has 0 fully saturated rings. The number of nitrogens with zero attached hydrogens (tertiary/aromatic N) is 1. The summed E-state index contributed by atoms with van der Waals surface area (Å²) >= 11 is 1.15. The summed E-state index contributed by atoms with van der Waals surface area (Å²) in [7, 11) is 1.26. The normalized spacial score (nSPS) is 15.0. The number of anilines is 2. The van der Waals surface area contributed by atoms with Crippen molar-refractivity contribution in [3.8, 4) is 0 Å². The smallest absolute Gasteiger partial charge is 0.357 e. The maximum atomic E-state index is 12.6. The van der Waals surface area contributed by atoms with Crippen molar-refractivity contribution >= 4 is 45.8 Å². The molecule has 33 heavy (non-hydrogen) atoms. The van der Waals surface area contributed by atoms with Gasteiger partial charge in [0.05, 0.1) is 24.8 Å². The fourth-order valence-corrected chi connectivity index (χ4v) is 4.37. The highest BCUT2D eigenvalue weighted by atomic mass is 32.1. The van der Waals surface area contributed by atoms with Gasteiger partial charge in [0.1, 0.15) is 6.04 Å². The molecule has 0 unspecified atom stereocenters. The van der Waals surface area contributed by atoms with Crippen LogP contribution in [0, 0.1) is 0 Å². The summed E-state index contributed by atoms with van der Waals surface area (Å²) in [6, 6.07) is 15.0. The van der Waals surface area contributed by atoms with E-state index in [1.54, 1.807) is 24.3 Å². The first-order valence-electron chi connectivity index (χ1n) is 10.1. The van der Waals surface area contributed by atoms with Gasteiger partial charge in [-0.1, -0.05) is 42.5 Å². The van der Waals surface area contributed by atoms with E-state index < -0.39 is 29.7 Å². The van der Waals surface area contributed by atoms with Gasteiger partial charge in [0.2, 0.25) is 11.8 Å². The first-order chi connectivity index (χ1) is 15.9. The molecule has 3 N–H and O–H groups in total. The Bertz CT molecular complexity index is 1220. The summed E-state index contributed by atoms with van der Waals surface area (Å²) < 4.78 is 4.82. The van der Waals surface area contributed by atoms with Gasteiger partial charge in [-0.05, 0) is 17.7 Å². The molecule has 2 heterocycles. The second-order valence-corrected chi connectivity index (χ2v) is 8.34. The van der Waals surface area contributed by atoms with E-state index >= 15 is 0 Å². The fourth-order valence-electron chi connectivity index (χ4n) is 3.37. The number of benzene rings is 2. The number of carbonyl (C=O) groups is 4. The van der Waals surface area contributed by atoms with Gasteiger partial charge >= 0.3 is 5.97 Å². The molecule has 4 rings (SSSR count). The zero-order chi connectivity index (χ0) is 23.4. The molecule has 1 aliphatic heterocycles. The third kappa shape index (κ3) is 5.07. The van der Waals surface area contributed by atoms with E-state index in [-0.39, 0.29) is 17.2 Å². The zero-order valence-corrected chi connectivity index (χ0v) is 18.4. The van der Waals surface area contributed by atoms with E-state index in [1.165, 1.54) is 7.11 Å². The lowest BCUT2D eigenvalue weighted by Gasteiger charge is -2.13. The van der Waals surface area contributed by atoms with E-state index in [2.05, 4.69) is 20.9 Å². The molecule has 168 valence electrons. The number of thiazole rings is 1. The van der Waals surface area contributed by atoms with Crippen molar-refractivity contribution in [3.63, 3.8) is 0 Å². The van der Waals surface area contributed by atoms with Gasteiger partial charge in [0.15, 0.2) is 10.8 Å². The average molecular weight is 465 g/mol. The van der Waals surface area contributed by atoms with Crippen LogP contribution in [0.15, 0.2) is 54.6 Å². The second-order valence-electron chi connectivity index (χ2n) is 7.26. The van der Waals surface area contributed by atoms with Crippen molar-refractivity contribution < 1.29 is 23.9 Å². The fraction of sp³-hybridized carbons (Fsp3) is 0.174. The van der Waals surface area contributed by atoms with E-state index in [1.807, 2.05) is 30.3 Å². The van der Waals surface area contributed by atoms with Crippen LogP contribution in [0.5, 0.6) is 0 Å². The molecule has 3 aromatic rings. The number of methoxy groups -OCH3 is 1. The average Bonchev–Trinajstić information content (AvgIpc) is 3.15. The molecular weight excluding hydrogens is 444 g/mol. The third-order valence-electron chi connectivity index (χ3n) is 4.97. The van der Waals surface area contributed by atoms with Crippen LogP contribution in [-0.2, 0) is 20.7 Å². The number of para-hydroxylation sites is 1. The highest BCUT2D eigenvalue weighted by Crippen LogP contribution is 2.27. The minimum Gasteiger partial charge on any atom is -0.464 e. The Kier molecular flexibility index (Phi) is 6.45. The van der Waals surface area contributed by atoms with E-state index in [0.717, 1.165) is 16.9 Å². The molecule has 0 radical (unpaired) electrons. The maximum absolute atomic E-state index is 12.6. The third-order valence-corrected chi connectivity index (χ3v) is 5.94. The molecule has 0 saturated carbocycles. The first kappa shape index (κ1) is 22.2. The summed E-state index contributed by atoms with van der Waals surface area (Å²) in [5.74, 6) is -2.08. The quantitative estimate of drug-likeness (QED) is 0.482. The number of amides is 3. The molecule has 0 spiro atoms. The number of ether oxygens (including phenoxy) is 1. The topological polar surface area (TPSA) is 126 Å². The predicted octanol–water partition coefficient (Wildman–Crippen LogP) is 2.60. The Morgan fingerprint density at radius 3 is 2.58 bits per heavy atom. The maximum Gasteiger partial charge on any atom is 0.357 e. The Hall–Kier alpha value is -4.05. The number of hydrogen-bond acceptors (Lipinski definition) is 7. The van der Waals surface area contributed by atoms with Gasteiger partial charge < -0.3 is 20.7 Å². The highest BCUT2D eigenvalue weighted by molar-refractivity contribution is 7.16. The minimum absolute atomic E-state index is 0.123. The number of nitrogens with one attached hydrogen (secondary N) is 3. The molecule has 0 aliphatic carbocycles. The van der Waals surface area contributed by atoms with Gasteiger partial charge in [-0.2, -0.15) is 0 Å².